The topological polar surface area (TPSA) is 184 Å². The monoisotopic (exact) mass is 435 g/mol. The second-order valence-corrected chi connectivity index (χ2v) is 7.51. The van der Waals surface area contributed by atoms with Gasteiger partial charge in [-0.2, -0.15) is 0 Å². The molecule has 0 heterocycles. The molecule has 164 valence electrons. The molecule has 1 amide bonds. The summed E-state index contributed by atoms with van der Waals surface area (Å²) in [4.78, 5) is 68.4. The summed E-state index contributed by atoms with van der Waals surface area (Å²) in [6.45, 7) is 0.765. The molecular weight excluding hydrogens is 410 g/mol. The third-order valence-electron chi connectivity index (χ3n) is 3.89. The van der Waals surface area contributed by atoms with Crippen LogP contribution in [-0.4, -0.2) is 75.5 Å². The van der Waals surface area contributed by atoms with Crippen LogP contribution in [0.15, 0.2) is 0 Å². The summed E-state index contributed by atoms with van der Waals surface area (Å²) in [6.07, 6.45) is -0.768. The van der Waals surface area contributed by atoms with Gasteiger partial charge in [-0.25, -0.2) is 0 Å². The molecular formula is C17H25NO10S. The summed E-state index contributed by atoms with van der Waals surface area (Å²) in [5.41, 5.74) is 0. The van der Waals surface area contributed by atoms with Crippen LogP contribution in [0.3, 0.4) is 0 Å². The lowest BCUT2D eigenvalue weighted by Gasteiger charge is -2.18. The van der Waals surface area contributed by atoms with Crippen molar-refractivity contribution in [1.82, 2.24) is 5.32 Å². The lowest BCUT2D eigenvalue weighted by atomic mass is 9.97. The van der Waals surface area contributed by atoms with E-state index in [9.17, 15) is 33.9 Å². The fourth-order valence-corrected chi connectivity index (χ4v) is 3.23. The molecule has 0 bridgehead atoms. The Hall–Kier alpha value is -2.63. The zero-order chi connectivity index (χ0) is 22.6. The number of hydrogen-bond donors (Lipinski definition) is 4. The minimum Gasteiger partial charge on any atom is -0.481 e. The van der Waals surface area contributed by atoms with E-state index in [-0.39, 0.29) is 25.0 Å². The fourth-order valence-electron chi connectivity index (χ4n) is 2.10. The quantitative estimate of drug-likeness (QED) is 0.254. The normalized spacial score (nSPS) is 13.6. The maximum Gasteiger partial charge on any atom is 0.322 e. The number of carbonyl (C=O) groups excluding carboxylic acids is 3. The molecule has 0 aliphatic rings. The Morgan fingerprint density at radius 1 is 1.00 bits per heavy atom. The van der Waals surface area contributed by atoms with E-state index in [1.54, 1.807) is 0 Å². The average molecular weight is 435 g/mol. The van der Waals surface area contributed by atoms with Crippen LogP contribution in [0.2, 0.25) is 0 Å². The molecule has 0 aliphatic carbocycles. The van der Waals surface area contributed by atoms with Gasteiger partial charge >= 0.3 is 23.9 Å². The first-order chi connectivity index (χ1) is 13.5. The zero-order valence-electron chi connectivity index (χ0n) is 16.1. The number of ether oxygens (including phenoxy) is 1. The van der Waals surface area contributed by atoms with E-state index < -0.39 is 65.6 Å². The standard InChI is InChI=1S/C17H25NO10S/c1-9(16(24)25)3-4-11(19)5-10(15(23)18-7-13(20)21)8-29-12(17(26)27)6-14(22)28-2/h9-10,12H,3-8H2,1-2H3,(H,18,23)(H,20,21)(H,24,25)(H,26,27)/t9-,10-,12?/m0/s1. The highest BCUT2D eigenvalue weighted by Crippen LogP contribution is 2.22. The van der Waals surface area contributed by atoms with Gasteiger partial charge in [0.15, 0.2) is 0 Å². The van der Waals surface area contributed by atoms with Crippen molar-refractivity contribution >= 4 is 47.3 Å². The van der Waals surface area contributed by atoms with Crippen molar-refractivity contribution in [2.75, 3.05) is 19.4 Å². The molecule has 11 nitrogen and oxygen atoms in total. The SMILES string of the molecule is COC(=O)CC(SC[C@H](CC(=O)CC[C@H](C)C(=O)O)C(=O)NCC(=O)O)C(=O)O. The number of esters is 1. The van der Waals surface area contributed by atoms with Crippen molar-refractivity contribution in [3.05, 3.63) is 0 Å². The maximum absolute atomic E-state index is 12.2. The lowest BCUT2D eigenvalue weighted by Crippen LogP contribution is -2.37. The van der Waals surface area contributed by atoms with Crippen LogP contribution in [0.1, 0.15) is 32.6 Å². The van der Waals surface area contributed by atoms with Crippen molar-refractivity contribution in [2.24, 2.45) is 11.8 Å². The number of carbonyl (C=O) groups is 6. The van der Waals surface area contributed by atoms with E-state index in [1.807, 2.05) is 0 Å². The largest absolute Gasteiger partial charge is 0.481 e. The predicted molar refractivity (Wildman–Crippen MR) is 100 cm³/mol. The summed E-state index contributed by atoms with van der Waals surface area (Å²) in [5, 5.41) is 27.6. The van der Waals surface area contributed by atoms with Gasteiger partial charge in [0.2, 0.25) is 5.91 Å². The highest BCUT2D eigenvalue weighted by molar-refractivity contribution is 8.00. The van der Waals surface area contributed by atoms with Gasteiger partial charge in [0.05, 0.1) is 25.4 Å². The van der Waals surface area contributed by atoms with Crippen molar-refractivity contribution in [3.8, 4) is 0 Å². The van der Waals surface area contributed by atoms with Crippen molar-refractivity contribution in [1.29, 1.82) is 0 Å². The minimum absolute atomic E-state index is 0.0743. The first-order valence-corrected chi connectivity index (χ1v) is 9.68. The Morgan fingerprint density at radius 2 is 1.62 bits per heavy atom. The van der Waals surface area contributed by atoms with Crippen LogP contribution in [0, 0.1) is 11.8 Å². The molecule has 4 N–H and O–H groups in total. The Kier molecular flexibility index (Phi) is 12.3. The summed E-state index contributed by atoms with van der Waals surface area (Å²) in [7, 11) is 1.10. The van der Waals surface area contributed by atoms with Crippen molar-refractivity contribution < 1.29 is 48.8 Å². The third-order valence-corrected chi connectivity index (χ3v) is 5.26. The summed E-state index contributed by atoms with van der Waals surface area (Å²) >= 11 is 0.760. The molecule has 0 aromatic heterocycles. The zero-order valence-corrected chi connectivity index (χ0v) is 16.9. The Bertz CT molecular complexity index is 636. The number of hydrogen-bond acceptors (Lipinski definition) is 8. The number of thioether (sulfide) groups is 1. The first-order valence-electron chi connectivity index (χ1n) is 8.63. The number of carboxylic acids is 3. The van der Waals surface area contributed by atoms with Gasteiger partial charge in [-0.1, -0.05) is 6.92 Å². The van der Waals surface area contributed by atoms with Gasteiger partial charge in [0.25, 0.3) is 0 Å². The lowest BCUT2D eigenvalue weighted by molar-refractivity contribution is -0.145. The average Bonchev–Trinajstić information content (AvgIpc) is 2.65. The van der Waals surface area contributed by atoms with E-state index in [2.05, 4.69) is 10.1 Å². The van der Waals surface area contributed by atoms with E-state index in [4.69, 9.17) is 10.2 Å². The highest BCUT2D eigenvalue weighted by Gasteiger charge is 2.28. The molecule has 1 unspecified atom stereocenters. The molecule has 0 rings (SSSR count). The van der Waals surface area contributed by atoms with Crippen LogP contribution in [0.4, 0.5) is 0 Å². The fraction of sp³-hybridized carbons (Fsp3) is 0.647. The van der Waals surface area contributed by atoms with E-state index in [1.165, 1.54) is 6.92 Å². The second-order valence-electron chi connectivity index (χ2n) is 6.27. The Labute approximate surface area is 171 Å². The van der Waals surface area contributed by atoms with E-state index >= 15 is 0 Å². The van der Waals surface area contributed by atoms with Crippen molar-refractivity contribution in [2.45, 2.75) is 37.9 Å². The highest BCUT2D eigenvalue weighted by atomic mass is 32.2. The van der Waals surface area contributed by atoms with Crippen LogP contribution in [-0.2, 0) is 33.5 Å². The van der Waals surface area contributed by atoms with Gasteiger partial charge in [-0.05, 0) is 6.42 Å². The van der Waals surface area contributed by atoms with Gasteiger partial charge in [-0.3, -0.25) is 28.8 Å². The summed E-state index contributed by atoms with van der Waals surface area (Å²) in [5.74, 6) is -7.50. The Morgan fingerprint density at radius 3 is 2.10 bits per heavy atom. The molecule has 0 aliphatic heterocycles. The van der Waals surface area contributed by atoms with Gasteiger partial charge in [0, 0.05) is 18.6 Å². The number of ketones is 1. The van der Waals surface area contributed by atoms with Gasteiger partial charge in [-0.15, -0.1) is 11.8 Å². The number of aliphatic carboxylic acids is 3. The number of methoxy groups -OCH3 is 1. The number of nitrogens with one attached hydrogen (secondary N) is 1. The van der Waals surface area contributed by atoms with Crippen LogP contribution in [0.5, 0.6) is 0 Å². The smallest absolute Gasteiger partial charge is 0.322 e. The molecule has 0 saturated carbocycles. The summed E-state index contributed by atoms with van der Waals surface area (Å²) < 4.78 is 4.43. The molecule has 12 heteroatoms. The molecule has 29 heavy (non-hydrogen) atoms. The maximum atomic E-state index is 12.2. The minimum atomic E-state index is -1.30. The molecule has 0 radical (unpaired) electrons. The summed E-state index contributed by atoms with van der Waals surface area (Å²) in [6, 6.07) is 0. The van der Waals surface area contributed by atoms with Gasteiger partial charge < -0.3 is 25.4 Å². The molecule has 0 saturated heterocycles. The molecule has 3 atom stereocenters. The number of rotatable bonds is 15. The Balaban J connectivity index is 5.03. The third kappa shape index (κ3) is 11.7. The number of carboxylic acid groups (broad SMARTS) is 3. The molecule has 0 fully saturated rings. The molecule has 0 aromatic carbocycles. The van der Waals surface area contributed by atoms with Crippen LogP contribution in [0.25, 0.3) is 0 Å². The first kappa shape index (κ1) is 26.4. The van der Waals surface area contributed by atoms with E-state index in [0.717, 1.165) is 18.9 Å². The molecule has 0 aromatic rings. The number of Topliss-reactive ketones (excluding diaryl/α,β-unsaturated/α-hetero) is 1. The second kappa shape index (κ2) is 13.5. The van der Waals surface area contributed by atoms with Crippen LogP contribution < -0.4 is 5.32 Å². The van der Waals surface area contributed by atoms with Crippen LogP contribution >= 0.6 is 11.8 Å². The molecule has 0 spiro atoms. The predicted octanol–water partition coefficient (Wildman–Crippen LogP) is 0.0130. The number of amides is 1. The van der Waals surface area contributed by atoms with Gasteiger partial charge in [0.1, 0.15) is 17.6 Å². The van der Waals surface area contributed by atoms with Crippen molar-refractivity contribution in [3.63, 3.8) is 0 Å². The van der Waals surface area contributed by atoms with E-state index in [0.29, 0.717) is 0 Å².